The summed E-state index contributed by atoms with van der Waals surface area (Å²) in [4.78, 5) is 0. The average molecular weight is 182 g/mol. The van der Waals surface area contributed by atoms with Crippen LogP contribution >= 0.6 is 23.2 Å². The van der Waals surface area contributed by atoms with E-state index < -0.39 is 4.33 Å². The van der Waals surface area contributed by atoms with Gasteiger partial charge in [0.25, 0.3) is 0 Å². The fraction of sp³-hybridized carbons (Fsp3) is 1.00. The second kappa shape index (κ2) is 3.29. The number of hydrogen-bond donors (Lipinski definition) is 1. The molecule has 0 aromatic rings. The van der Waals surface area contributed by atoms with Gasteiger partial charge >= 0.3 is 0 Å². The SMILES string of the molecule is NCC1CCC(Cl)(Cl)CC1. The highest BCUT2D eigenvalue weighted by atomic mass is 35.5. The quantitative estimate of drug-likeness (QED) is 0.618. The number of alkyl halides is 2. The summed E-state index contributed by atoms with van der Waals surface area (Å²) in [6.45, 7) is 0.782. The van der Waals surface area contributed by atoms with Crippen molar-refractivity contribution in [1.82, 2.24) is 0 Å². The molecule has 0 saturated heterocycles. The predicted molar refractivity (Wildman–Crippen MR) is 45.4 cm³/mol. The molecular weight excluding hydrogens is 169 g/mol. The van der Waals surface area contributed by atoms with E-state index in [0.717, 1.165) is 32.2 Å². The van der Waals surface area contributed by atoms with E-state index in [1.807, 2.05) is 0 Å². The van der Waals surface area contributed by atoms with Crippen molar-refractivity contribution in [3.05, 3.63) is 0 Å². The smallest absolute Gasteiger partial charge is 0.118 e. The van der Waals surface area contributed by atoms with Gasteiger partial charge in [-0.1, -0.05) is 0 Å². The molecule has 1 rings (SSSR count). The van der Waals surface area contributed by atoms with Crippen molar-refractivity contribution >= 4 is 23.2 Å². The third kappa shape index (κ3) is 2.30. The van der Waals surface area contributed by atoms with Crippen LogP contribution in [0.1, 0.15) is 25.7 Å². The summed E-state index contributed by atoms with van der Waals surface area (Å²) >= 11 is 11.8. The first-order valence-corrected chi connectivity index (χ1v) is 4.47. The van der Waals surface area contributed by atoms with Crippen LogP contribution in [0.2, 0.25) is 0 Å². The van der Waals surface area contributed by atoms with Crippen LogP contribution in [0.5, 0.6) is 0 Å². The number of halogens is 2. The molecule has 0 spiro atoms. The lowest BCUT2D eigenvalue weighted by Gasteiger charge is -2.29. The highest BCUT2D eigenvalue weighted by Gasteiger charge is 2.30. The molecule has 0 amide bonds. The van der Waals surface area contributed by atoms with Gasteiger partial charge in [0.15, 0.2) is 0 Å². The van der Waals surface area contributed by atoms with Crippen LogP contribution in [-0.2, 0) is 0 Å². The molecule has 1 fully saturated rings. The molecule has 2 N–H and O–H groups in total. The lowest BCUT2D eigenvalue weighted by atomic mass is 9.89. The third-order valence-electron chi connectivity index (χ3n) is 2.17. The zero-order valence-corrected chi connectivity index (χ0v) is 7.46. The molecule has 60 valence electrons. The van der Waals surface area contributed by atoms with Crippen LogP contribution in [0, 0.1) is 5.92 Å². The van der Waals surface area contributed by atoms with Gasteiger partial charge in [0, 0.05) is 0 Å². The molecular formula is C7H13Cl2N. The molecule has 0 unspecified atom stereocenters. The Hall–Kier alpha value is 0.540. The van der Waals surface area contributed by atoms with Crippen molar-refractivity contribution < 1.29 is 0 Å². The van der Waals surface area contributed by atoms with Crippen molar-refractivity contribution in [3.8, 4) is 0 Å². The summed E-state index contributed by atoms with van der Waals surface area (Å²) in [7, 11) is 0. The van der Waals surface area contributed by atoms with E-state index in [2.05, 4.69) is 0 Å². The first-order valence-electron chi connectivity index (χ1n) is 3.72. The largest absolute Gasteiger partial charge is 0.330 e. The Morgan fingerprint density at radius 2 is 1.80 bits per heavy atom. The van der Waals surface area contributed by atoms with Crippen molar-refractivity contribution in [3.63, 3.8) is 0 Å². The van der Waals surface area contributed by atoms with Crippen LogP contribution in [-0.4, -0.2) is 10.9 Å². The molecule has 1 nitrogen and oxygen atoms in total. The fourth-order valence-corrected chi connectivity index (χ4v) is 1.77. The minimum absolute atomic E-state index is 0.453. The van der Waals surface area contributed by atoms with Crippen molar-refractivity contribution in [2.24, 2.45) is 11.7 Å². The highest BCUT2D eigenvalue weighted by Crippen LogP contribution is 2.39. The molecule has 1 saturated carbocycles. The van der Waals surface area contributed by atoms with E-state index >= 15 is 0 Å². The highest BCUT2D eigenvalue weighted by molar-refractivity contribution is 6.48. The van der Waals surface area contributed by atoms with E-state index in [9.17, 15) is 0 Å². The fourth-order valence-electron chi connectivity index (χ4n) is 1.34. The second-order valence-electron chi connectivity index (χ2n) is 3.04. The normalized spacial score (nSPS) is 26.7. The summed E-state index contributed by atoms with van der Waals surface area (Å²) in [5.74, 6) is 0.658. The molecule has 0 heterocycles. The molecule has 0 bridgehead atoms. The summed E-state index contributed by atoms with van der Waals surface area (Å²) < 4.78 is -0.453. The van der Waals surface area contributed by atoms with Gasteiger partial charge in [-0.3, -0.25) is 0 Å². The molecule has 3 heteroatoms. The summed E-state index contributed by atoms with van der Waals surface area (Å²) in [5.41, 5.74) is 5.51. The first kappa shape index (κ1) is 8.63. The first-order chi connectivity index (χ1) is 4.64. The van der Waals surface area contributed by atoms with Crippen molar-refractivity contribution in [2.75, 3.05) is 6.54 Å². The molecule has 0 aromatic carbocycles. The minimum atomic E-state index is -0.453. The average Bonchev–Trinajstić information content (AvgIpc) is 1.88. The van der Waals surface area contributed by atoms with Crippen LogP contribution in [0.4, 0.5) is 0 Å². The summed E-state index contributed by atoms with van der Waals surface area (Å²) in [5, 5.41) is 0. The maximum atomic E-state index is 5.92. The van der Waals surface area contributed by atoms with Gasteiger partial charge in [-0.25, -0.2) is 0 Å². The topological polar surface area (TPSA) is 26.0 Å². The molecule has 1 aliphatic carbocycles. The van der Waals surface area contributed by atoms with Gasteiger partial charge in [0.2, 0.25) is 0 Å². The Bertz CT molecular complexity index is 104. The van der Waals surface area contributed by atoms with Gasteiger partial charge in [0.1, 0.15) is 4.33 Å². The lowest BCUT2D eigenvalue weighted by molar-refractivity contribution is 0.352. The van der Waals surface area contributed by atoms with E-state index in [0.29, 0.717) is 5.92 Å². The molecule has 0 aromatic heterocycles. The molecule has 10 heavy (non-hydrogen) atoms. The standard InChI is InChI=1S/C7H13Cl2N/c8-7(9)3-1-6(5-10)2-4-7/h6H,1-5,10H2. The Morgan fingerprint density at radius 1 is 1.30 bits per heavy atom. The maximum absolute atomic E-state index is 5.92. The Labute approximate surface area is 71.9 Å². The van der Waals surface area contributed by atoms with E-state index in [-0.39, 0.29) is 0 Å². The van der Waals surface area contributed by atoms with Gasteiger partial charge in [-0.15, -0.1) is 23.2 Å². The van der Waals surface area contributed by atoms with Crippen LogP contribution in [0.15, 0.2) is 0 Å². The summed E-state index contributed by atoms with van der Waals surface area (Å²) in [6.07, 6.45) is 3.98. The van der Waals surface area contributed by atoms with Crippen molar-refractivity contribution in [2.45, 2.75) is 30.0 Å². The lowest BCUT2D eigenvalue weighted by Crippen LogP contribution is -2.26. The minimum Gasteiger partial charge on any atom is -0.330 e. The van der Waals surface area contributed by atoms with Crippen LogP contribution in [0.3, 0.4) is 0 Å². The van der Waals surface area contributed by atoms with Gasteiger partial charge in [-0.2, -0.15) is 0 Å². The zero-order valence-electron chi connectivity index (χ0n) is 5.95. The van der Waals surface area contributed by atoms with Gasteiger partial charge < -0.3 is 5.73 Å². The summed E-state index contributed by atoms with van der Waals surface area (Å²) in [6, 6.07) is 0. The number of rotatable bonds is 1. The zero-order chi connectivity index (χ0) is 7.61. The molecule has 0 radical (unpaired) electrons. The second-order valence-corrected chi connectivity index (χ2v) is 4.68. The Kier molecular flexibility index (Phi) is 2.84. The number of nitrogens with two attached hydrogens (primary N) is 1. The molecule has 1 aliphatic rings. The monoisotopic (exact) mass is 181 g/mol. The third-order valence-corrected chi connectivity index (χ3v) is 2.93. The van der Waals surface area contributed by atoms with Crippen molar-refractivity contribution in [1.29, 1.82) is 0 Å². The Balaban J connectivity index is 2.31. The molecule has 0 atom stereocenters. The molecule has 0 aliphatic heterocycles. The van der Waals surface area contributed by atoms with Crippen LogP contribution < -0.4 is 5.73 Å². The van der Waals surface area contributed by atoms with E-state index in [1.165, 1.54) is 0 Å². The van der Waals surface area contributed by atoms with Gasteiger partial charge in [0.05, 0.1) is 0 Å². The van der Waals surface area contributed by atoms with E-state index in [4.69, 9.17) is 28.9 Å². The van der Waals surface area contributed by atoms with Gasteiger partial charge in [-0.05, 0) is 38.1 Å². The Morgan fingerprint density at radius 3 is 2.20 bits per heavy atom. The van der Waals surface area contributed by atoms with Crippen LogP contribution in [0.25, 0.3) is 0 Å². The number of hydrogen-bond acceptors (Lipinski definition) is 1. The predicted octanol–water partition coefficient (Wildman–Crippen LogP) is 2.31. The van der Waals surface area contributed by atoms with E-state index in [1.54, 1.807) is 0 Å². The maximum Gasteiger partial charge on any atom is 0.118 e.